The van der Waals surface area contributed by atoms with Gasteiger partial charge in [0.15, 0.2) is 0 Å². The van der Waals surface area contributed by atoms with Crippen LogP contribution in [0.5, 0.6) is 0 Å². The number of halogens is 1. The molecule has 1 aromatic rings. The lowest BCUT2D eigenvalue weighted by atomic mass is 9.77. The van der Waals surface area contributed by atoms with Gasteiger partial charge in [-0.15, -0.1) is 0 Å². The number of carbonyl (C=O) groups is 2. The van der Waals surface area contributed by atoms with E-state index in [-0.39, 0.29) is 11.5 Å². The molecule has 1 fully saturated rings. The lowest BCUT2D eigenvalue weighted by Gasteiger charge is -2.36. The fraction of sp³-hybridized carbons (Fsp3) is 0.385. The van der Waals surface area contributed by atoms with Crippen molar-refractivity contribution in [3.63, 3.8) is 0 Å². The molecular weight excluding hydrogens is 251 g/mol. The zero-order valence-electron chi connectivity index (χ0n) is 10.5. The number of hydrogen-bond donors (Lipinski definition) is 2. The first-order chi connectivity index (χ1) is 8.96. The summed E-state index contributed by atoms with van der Waals surface area (Å²) in [6, 6.07) is 3.72. The van der Waals surface area contributed by atoms with Crippen molar-refractivity contribution in [3.05, 3.63) is 29.6 Å². The van der Waals surface area contributed by atoms with Gasteiger partial charge in [0.05, 0.1) is 18.2 Å². The number of nitrogens with two attached hydrogens (primary N) is 1. The highest BCUT2D eigenvalue weighted by Crippen LogP contribution is 2.30. The van der Waals surface area contributed by atoms with Gasteiger partial charge in [-0.25, -0.2) is 9.18 Å². The molecule has 0 saturated heterocycles. The Morgan fingerprint density at radius 3 is 2.63 bits per heavy atom. The summed E-state index contributed by atoms with van der Waals surface area (Å²) in [5.74, 6) is -1.81. The van der Waals surface area contributed by atoms with Crippen LogP contribution >= 0.6 is 0 Å². The van der Waals surface area contributed by atoms with E-state index in [4.69, 9.17) is 5.73 Å². The van der Waals surface area contributed by atoms with Crippen LogP contribution in [-0.4, -0.2) is 24.5 Å². The number of nitrogens with one attached hydrogen (secondary N) is 1. The minimum atomic E-state index is -0.847. The van der Waals surface area contributed by atoms with Crippen molar-refractivity contribution < 1.29 is 18.7 Å². The van der Waals surface area contributed by atoms with Gasteiger partial charge in [-0.05, 0) is 37.5 Å². The molecule has 1 aliphatic rings. The highest BCUT2D eigenvalue weighted by atomic mass is 19.1. The van der Waals surface area contributed by atoms with Gasteiger partial charge < -0.3 is 15.8 Å². The van der Waals surface area contributed by atoms with Crippen molar-refractivity contribution in [2.24, 2.45) is 5.73 Å². The largest absolute Gasteiger partial charge is 0.465 e. The first kappa shape index (κ1) is 13.5. The molecule has 19 heavy (non-hydrogen) atoms. The Morgan fingerprint density at radius 2 is 2.11 bits per heavy atom. The van der Waals surface area contributed by atoms with Crippen LogP contribution in [0, 0.1) is 5.82 Å². The van der Waals surface area contributed by atoms with Crippen molar-refractivity contribution in [2.75, 3.05) is 12.4 Å². The zero-order chi connectivity index (χ0) is 14.0. The summed E-state index contributed by atoms with van der Waals surface area (Å²) in [6.07, 6.45) is 2.18. The number of amides is 1. The Balaban J connectivity index is 2.17. The van der Waals surface area contributed by atoms with E-state index in [0.29, 0.717) is 18.5 Å². The van der Waals surface area contributed by atoms with Crippen LogP contribution < -0.4 is 11.1 Å². The first-order valence-electron chi connectivity index (χ1n) is 5.94. The SMILES string of the molecule is COC(=O)c1cc(NC(=O)C2(N)CCC2)ccc1F. The van der Waals surface area contributed by atoms with Crippen LogP contribution in [0.25, 0.3) is 0 Å². The summed E-state index contributed by atoms with van der Waals surface area (Å²) in [6.45, 7) is 0. The molecule has 6 heteroatoms. The summed E-state index contributed by atoms with van der Waals surface area (Å²) in [7, 11) is 1.16. The number of carbonyl (C=O) groups excluding carboxylic acids is 2. The van der Waals surface area contributed by atoms with Crippen LogP contribution in [-0.2, 0) is 9.53 Å². The van der Waals surface area contributed by atoms with Gasteiger partial charge in [0, 0.05) is 5.69 Å². The van der Waals surface area contributed by atoms with E-state index in [0.717, 1.165) is 19.6 Å². The quantitative estimate of drug-likeness (QED) is 0.811. The molecule has 0 unspecified atom stereocenters. The predicted molar refractivity (Wildman–Crippen MR) is 67.1 cm³/mol. The molecule has 2 rings (SSSR count). The number of ether oxygens (including phenoxy) is 1. The molecule has 0 heterocycles. The minimum absolute atomic E-state index is 0.222. The van der Waals surface area contributed by atoms with E-state index >= 15 is 0 Å². The minimum Gasteiger partial charge on any atom is -0.465 e. The second-order valence-corrected chi connectivity index (χ2v) is 4.65. The maximum Gasteiger partial charge on any atom is 0.340 e. The number of hydrogen-bond acceptors (Lipinski definition) is 4. The maximum atomic E-state index is 13.4. The van der Waals surface area contributed by atoms with Crippen LogP contribution in [0.1, 0.15) is 29.6 Å². The Bertz CT molecular complexity index is 527. The second-order valence-electron chi connectivity index (χ2n) is 4.65. The van der Waals surface area contributed by atoms with Crippen molar-refractivity contribution in [1.29, 1.82) is 0 Å². The third kappa shape index (κ3) is 2.58. The number of rotatable bonds is 3. The van der Waals surface area contributed by atoms with E-state index in [2.05, 4.69) is 10.1 Å². The second kappa shape index (κ2) is 4.97. The van der Waals surface area contributed by atoms with Gasteiger partial charge >= 0.3 is 5.97 Å². The number of esters is 1. The highest BCUT2D eigenvalue weighted by molar-refractivity contribution is 5.99. The molecule has 1 saturated carbocycles. The summed E-state index contributed by atoms with van der Waals surface area (Å²) < 4.78 is 17.9. The fourth-order valence-corrected chi connectivity index (χ4v) is 1.91. The van der Waals surface area contributed by atoms with Gasteiger partial charge in [0.25, 0.3) is 0 Å². The standard InChI is InChI=1S/C13H15FN2O3/c1-19-11(17)9-7-8(3-4-10(9)14)16-12(18)13(15)5-2-6-13/h3-4,7H,2,5-6,15H2,1H3,(H,16,18). The van der Waals surface area contributed by atoms with Gasteiger partial charge in [-0.1, -0.05) is 0 Å². The molecule has 0 radical (unpaired) electrons. The Hall–Kier alpha value is -1.95. The lowest BCUT2D eigenvalue weighted by Crippen LogP contribution is -2.56. The summed E-state index contributed by atoms with van der Waals surface area (Å²) in [4.78, 5) is 23.2. The normalized spacial score (nSPS) is 16.4. The summed E-state index contributed by atoms with van der Waals surface area (Å²) in [5.41, 5.74) is 5.12. The lowest BCUT2D eigenvalue weighted by molar-refractivity contribution is -0.123. The molecule has 102 valence electrons. The molecule has 0 aliphatic heterocycles. The van der Waals surface area contributed by atoms with Crippen molar-refractivity contribution in [3.8, 4) is 0 Å². The van der Waals surface area contributed by atoms with E-state index in [1.165, 1.54) is 12.1 Å². The summed E-state index contributed by atoms with van der Waals surface area (Å²) >= 11 is 0. The molecular formula is C13H15FN2O3. The highest BCUT2D eigenvalue weighted by Gasteiger charge is 2.40. The molecule has 1 aromatic carbocycles. The van der Waals surface area contributed by atoms with E-state index in [1.54, 1.807) is 0 Å². The maximum absolute atomic E-state index is 13.4. The van der Waals surface area contributed by atoms with Gasteiger partial charge in [-0.2, -0.15) is 0 Å². The van der Waals surface area contributed by atoms with Crippen molar-refractivity contribution in [1.82, 2.24) is 0 Å². The van der Waals surface area contributed by atoms with Crippen LogP contribution in [0.4, 0.5) is 10.1 Å². The van der Waals surface area contributed by atoms with E-state index in [1.807, 2.05) is 0 Å². The number of methoxy groups -OCH3 is 1. The van der Waals surface area contributed by atoms with Gasteiger partial charge in [0.2, 0.25) is 5.91 Å². The Labute approximate surface area is 109 Å². The van der Waals surface area contributed by atoms with Crippen molar-refractivity contribution in [2.45, 2.75) is 24.8 Å². The average molecular weight is 266 g/mol. The molecule has 0 bridgehead atoms. The van der Waals surface area contributed by atoms with Crippen LogP contribution in [0.2, 0.25) is 0 Å². The monoisotopic (exact) mass is 266 g/mol. The zero-order valence-corrected chi connectivity index (χ0v) is 10.5. The topological polar surface area (TPSA) is 81.4 Å². The average Bonchev–Trinajstić information content (AvgIpc) is 2.37. The smallest absolute Gasteiger partial charge is 0.340 e. The third-order valence-corrected chi connectivity index (χ3v) is 3.33. The molecule has 0 aromatic heterocycles. The molecule has 0 spiro atoms. The van der Waals surface area contributed by atoms with Crippen LogP contribution in [0.15, 0.2) is 18.2 Å². The molecule has 3 N–H and O–H groups in total. The summed E-state index contributed by atoms with van der Waals surface area (Å²) in [5, 5.41) is 2.59. The van der Waals surface area contributed by atoms with Crippen LogP contribution in [0.3, 0.4) is 0 Å². The Morgan fingerprint density at radius 1 is 1.42 bits per heavy atom. The molecule has 1 amide bonds. The predicted octanol–water partition coefficient (Wildman–Crippen LogP) is 1.43. The van der Waals surface area contributed by atoms with Crippen molar-refractivity contribution >= 4 is 17.6 Å². The van der Waals surface area contributed by atoms with E-state index in [9.17, 15) is 14.0 Å². The van der Waals surface area contributed by atoms with Gasteiger partial charge in [0.1, 0.15) is 5.82 Å². The molecule has 1 aliphatic carbocycles. The Kier molecular flexibility index (Phi) is 3.53. The third-order valence-electron chi connectivity index (χ3n) is 3.33. The molecule has 0 atom stereocenters. The van der Waals surface area contributed by atoms with E-state index < -0.39 is 17.3 Å². The number of anilines is 1. The first-order valence-corrected chi connectivity index (χ1v) is 5.94. The van der Waals surface area contributed by atoms with Gasteiger partial charge in [-0.3, -0.25) is 4.79 Å². The fourth-order valence-electron chi connectivity index (χ4n) is 1.91. The molecule has 5 nitrogen and oxygen atoms in total. The number of benzene rings is 1.